The Balaban J connectivity index is 1.89. The molecule has 1 aromatic rings. The zero-order valence-electron chi connectivity index (χ0n) is 12.9. The number of carbonyl (C=O) groups is 2. The number of hydrogen-bond acceptors (Lipinski definition) is 4. The summed E-state index contributed by atoms with van der Waals surface area (Å²) < 4.78 is 5.42. The molecule has 0 aromatic heterocycles. The molecule has 2 rings (SSSR count). The first-order valence-corrected chi connectivity index (χ1v) is 7.70. The SMILES string of the molecule is CCCCNC(=O)COc1cc(C(=O)NC2CC2)ccc1N. The van der Waals surface area contributed by atoms with Crippen molar-refractivity contribution in [3.8, 4) is 5.75 Å². The third-order valence-electron chi connectivity index (χ3n) is 3.40. The Bertz CT molecular complexity index is 541. The fourth-order valence-corrected chi connectivity index (χ4v) is 1.90. The van der Waals surface area contributed by atoms with Crippen LogP contribution in [-0.2, 0) is 4.79 Å². The molecule has 1 aliphatic rings. The van der Waals surface area contributed by atoms with Crippen LogP contribution >= 0.6 is 0 Å². The van der Waals surface area contributed by atoms with E-state index in [1.807, 2.05) is 0 Å². The molecule has 0 atom stereocenters. The Labute approximate surface area is 130 Å². The van der Waals surface area contributed by atoms with E-state index in [2.05, 4.69) is 17.6 Å². The van der Waals surface area contributed by atoms with Crippen molar-refractivity contribution in [3.05, 3.63) is 23.8 Å². The number of nitrogens with two attached hydrogens (primary N) is 1. The summed E-state index contributed by atoms with van der Waals surface area (Å²) in [6.07, 6.45) is 4.01. The molecule has 1 aromatic carbocycles. The molecule has 0 radical (unpaired) electrons. The summed E-state index contributed by atoms with van der Waals surface area (Å²) in [5.74, 6) is 0.0227. The minimum absolute atomic E-state index is 0.110. The highest BCUT2D eigenvalue weighted by Crippen LogP contribution is 2.24. The average molecular weight is 305 g/mol. The van der Waals surface area contributed by atoms with Crippen molar-refractivity contribution in [1.82, 2.24) is 10.6 Å². The minimum Gasteiger partial charge on any atom is -0.482 e. The van der Waals surface area contributed by atoms with Crippen LogP contribution in [0.3, 0.4) is 0 Å². The first kappa shape index (κ1) is 16.1. The fourth-order valence-electron chi connectivity index (χ4n) is 1.90. The van der Waals surface area contributed by atoms with Crippen LogP contribution in [0.25, 0.3) is 0 Å². The van der Waals surface area contributed by atoms with Gasteiger partial charge in [0.25, 0.3) is 11.8 Å². The largest absolute Gasteiger partial charge is 0.482 e. The summed E-state index contributed by atoms with van der Waals surface area (Å²) in [6.45, 7) is 2.58. The van der Waals surface area contributed by atoms with Crippen LogP contribution in [0.1, 0.15) is 43.0 Å². The van der Waals surface area contributed by atoms with Gasteiger partial charge in [0.15, 0.2) is 6.61 Å². The summed E-state index contributed by atoms with van der Waals surface area (Å²) in [5.41, 5.74) is 6.72. The molecule has 0 saturated heterocycles. The number of anilines is 1. The standard InChI is InChI=1S/C16H23N3O3/c1-2-3-8-18-15(20)10-22-14-9-11(4-7-13(14)17)16(21)19-12-5-6-12/h4,7,9,12H,2-3,5-6,8,10,17H2,1H3,(H,18,20)(H,19,21). The van der Waals surface area contributed by atoms with Gasteiger partial charge in [0.1, 0.15) is 5.75 Å². The van der Waals surface area contributed by atoms with E-state index >= 15 is 0 Å². The highest BCUT2D eigenvalue weighted by molar-refractivity contribution is 5.95. The third-order valence-corrected chi connectivity index (χ3v) is 3.40. The zero-order valence-corrected chi connectivity index (χ0v) is 12.9. The molecule has 1 aliphatic carbocycles. The van der Waals surface area contributed by atoms with E-state index in [1.165, 1.54) is 0 Å². The number of carbonyl (C=O) groups excluding carboxylic acids is 2. The second-order valence-corrected chi connectivity index (χ2v) is 5.49. The summed E-state index contributed by atoms with van der Waals surface area (Å²) in [5, 5.41) is 5.66. The Hall–Kier alpha value is -2.24. The van der Waals surface area contributed by atoms with E-state index in [-0.39, 0.29) is 18.4 Å². The Kier molecular flexibility index (Phi) is 5.63. The molecule has 0 unspecified atom stereocenters. The Morgan fingerprint density at radius 2 is 2.14 bits per heavy atom. The van der Waals surface area contributed by atoms with Gasteiger partial charge in [0.2, 0.25) is 0 Å². The molecule has 1 fully saturated rings. The summed E-state index contributed by atoms with van der Waals surface area (Å²) in [4.78, 5) is 23.6. The first-order chi connectivity index (χ1) is 10.6. The molecule has 6 heteroatoms. The summed E-state index contributed by atoms with van der Waals surface area (Å²) in [7, 11) is 0. The second-order valence-electron chi connectivity index (χ2n) is 5.49. The quantitative estimate of drug-likeness (QED) is 0.500. The summed E-state index contributed by atoms with van der Waals surface area (Å²) in [6, 6.07) is 5.14. The summed E-state index contributed by atoms with van der Waals surface area (Å²) >= 11 is 0. The molecule has 0 bridgehead atoms. The first-order valence-electron chi connectivity index (χ1n) is 7.70. The van der Waals surface area contributed by atoms with E-state index in [0.717, 1.165) is 25.7 Å². The highest BCUT2D eigenvalue weighted by Gasteiger charge is 2.24. The van der Waals surface area contributed by atoms with E-state index < -0.39 is 0 Å². The van der Waals surface area contributed by atoms with Gasteiger partial charge in [0.05, 0.1) is 5.69 Å². The maximum atomic E-state index is 12.0. The van der Waals surface area contributed by atoms with Crippen LogP contribution in [0.15, 0.2) is 18.2 Å². The van der Waals surface area contributed by atoms with Crippen molar-refractivity contribution in [2.75, 3.05) is 18.9 Å². The van der Waals surface area contributed by atoms with Crippen molar-refractivity contribution in [3.63, 3.8) is 0 Å². The maximum absolute atomic E-state index is 12.0. The molecule has 2 amide bonds. The fraction of sp³-hybridized carbons (Fsp3) is 0.500. The number of ether oxygens (including phenoxy) is 1. The highest BCUT2D eigenvalue weighted by atomic mass is 16.5. The molecule has 6 nitrogen and oxygen atoms in total. The lowest BCUT2D eigenvalue weighted by molar-refractivity contribution is -0.123. The van der Waals surface area contributed by atoms with Crippen LogP contribution in [0.5, 0.6) is 5.75 Å². The van der Waals surface area contributed by atoms with Crippen molar-refractivity contribution >= 4 is 17.5 Å². The second kappa shape index (κ2) is 7.68. The van der Waals surface area contributed by atoms with Gasteiger partial charge in [-0.3, -0.25) is 9.59 Å². The van der Waals surface area contributed by atoms with Gasteiger partial charge in [-0.25, -0.2) is 0 Å². The smallest absolute Gasteiger partial charge is 0.257 e. The van der Waals surface area contributed by atoms with Crippen molar-refractivity contribution in [2.45, 2.75) is 38.6 Å². The number of rotatable bonds is 8. The zero-order chi connectivity index (χ0) is 15.9. The molecule has 0 heterocycles. The van der Waals surface area contributed by atoms with E-state index in [4.69, 9.17) is 10.5 Å². The van der Waals surface area contributed by atoms with Crippen LogP contribution < -0.4 is 21.1 Å². The third kappa shape index (κ3) is 4.95. The number of nitrogen functional groups attached to an aromatic ring is 1. The van der Waals surface area contributed by atoms with Gasteiger partial charge < -0.3 is 21.1 Å². The molecule has 1 saturated carbocycles. The lowest BCUT2D eigenvalue weighted by Gasteiger charge is -2.11. The number of nitrogens with one attached hydrogen (secondary N) is 2. The lowest BCUT2D eigenvalue weighted by atomic mass is 10.1. The van der Waals surface area contributed by atoms with Gasteiger partial charge >= 0.3 is 0 Å². The van der Waals surface area contributed by atoms with Crippen LogP contribution in [0.2, 0.25) is 0 Å². The molecular formula is C16H23N3O3. The minimum atomic E-state index is -0.194. The lowest BCUT2D eigenvalue weighted by Crippen LogP contribution is -2.30. The maximum Gasteiger partial charge on any atom is 0.257 e. The van der Waals surface area contributed by atoms with Crippen molar-refractivity contribution in [1.29, 1.82) is 0 Å². The van der Waals surface area contributed by atoms with Gasteiger partial charge in [-0.2, -0.15) is 0 Å². The van der Waals surface area contributed by atoms with Crippen LogP contribution in [0, 0.1) is 0 Å². The monoisotopic (exact) mass is 305 g/mol. The number of hydrogen-bond donors (Lipinski definition) is 3. The van der Waals surface area contributed by atoms with Crippen LogP contribution in [0.4, 0.5) is 5.69 Å². The van der Waals surface area contributed by atoms with E-state index in [9.17, 15) is 9.59 Å². The molecule has 4 N–H and O–H groups in total. The van der Waals surface area contributed by atoms with Crippen molar-refractivity contribution in [2.24, 2.45) is 0 Å². The van der Waals surface area contributed by atoms with Gasteiger partial charge in [-0.15, -0.1) is 0 Å². The van der Waals surface area contributed by atoms with Gasteiger partial charge in [0, 0.05) is 18.2 Å². The van der Waals surface area contributed by atoms with Crippen LogP contribution in [-0.4, -0.2) is 31.0 Å². The molecule has 22 heavy (non-hydrogen) atoms. The predicted molar refractivity (Wildman–Crippen MR) is 84.8 cm³/mol. The normalized spacial score (nSPS) is 13.5. The number of amides is 2. The van der Waals surface area contributed by atoms with Gasteiger partial charge in [-0.05, 0) is 37.5 Å². The molecular weight excluding hydrogens is 282 g/mol. The van der Waals surface area contributed by atoms with Crippen molar-refractivity contribution < 1.29 is 14.3 Å². The molecule has 0 aliphatic heterocycles. The number of benzene rings is 1. The van der Waals surface area contributed by atoms with E-state index in [0.29, 0.717) is 29.6 Å². The topological polar surface area (TPSA) is 93.4 Å². The molecule has 120 valence electrons. The average Bonchev–Trinajstić information content (AvgIpc) is 3.30. The Morgan fingerprint density at radius 3 is 2.82 bits per heavy atom. The predicted octanol–water partition coefficient (Wildman–Crippen LogP) is 1.46. The van der Waals surface area contributed by atoms with Gasteiger partial charge in [-0.1, -0.05) is 13.3 Å². The number of unbranched alkanes of at least 4 members (excludes halogenated alkanes) is 1. The molecule has 0 spiro atoms. The van der Waals surface area contributed by atoms with E-state index in [1.54, 1.807) is 18.2 Å². The Morgan fingerprint density at radius 1 is 1.36 bits per heavy atom.